The number of pyridine rings is 1. The Morgan fingerprint density at radius 1 is 0.903 bits per heavy atom. The number of rotatable bonds is 2. The smallest absolute Gasteiger partial charge is 0.376 e. The molecule has 1 aromatic heterocycles. The first-order valence-corrected chi connectivity index (χ1v) is 9.75. The molecule has 1 N–H and O–H groups in total. The first-order valence-electron chi connectivity index (χ1n) is 9.75. The molecule has 158 valence electrons. The highest BCUT2D eigenvalue weighted by Gasteiger charge is 2.34. The molecule has 2 aromatic carbocycles. The van der Waals surface area contributed by atoms with Crippen LogP contribution < -0.4 is 5.32 Å². The molecule has 3 aromatic rings. The van der Waals surface area contributed by atoms with Crippen molar-refractivity contribution in [1.82, 2.24) is 4.98 Å². The number of alkyl halides is 3. The minimum Gasteiger partial charge on any atom is -0.376 e. The van der Waals surface area contributed by atoms with Crippen LogP contribution in [-0.2, 0) is 11.0 Å². The molecule has 4 rings (SSSR count). The second kappa shape index (κ2) is 7.65. The van der Waals surface area contributed by atoms with Gasteiger partial charge in [-0.3, -0.25) is 9.78 Å². The largest absolute Gasteiger partial charge is 0.416 e. The normalized spacial score (nSPS) is 13.9. The first kappa shape index (κ1) is 20.8. The van der Waals surface area contributed by atoms with E-state index in [1.165, 1.54) is 13.0 Å². The quantitative estimate of drug-likeness (QED) is 0.566. The van der Waals surface area contributed by atoms with Gasteiger partial charge in [0.1, 0.15) is 5.71 Å². The van der Waals surface area contributed by atoms with E-state index in [1.54, 1.807) is 6.07 Å². The van der Waals surface area contributed by atoms with Crippen molar-refractivity contribution in [1.29, 1.82) is 0 Å². The molecule has 4 nitrogen and oxygen atoms in total. The van der Waals surface area contributed by atoms with Crippen molar-refractivity contribution >= 4 is 22.9 Å². The number of nitrogens with one attached hydrogen (secondary N) is 1. The lowest BCUT2D eigenvalue weighted by Gasteiger charge is -2.14. The van der Waals surface area contributed by atoms with E-state index in [4.69, 9.17) is 0 Å². The van der Waals surface area contributed by atoms with Crippen molar-refractivity contribution in [3.8, 4) is 11.1 Å². The number of aryl methyl sites for hydroxylation is 3. The number of hydrogen-bond acceptors (Lipinski definition) is 4. The van der Waals surface area contributed by atoms with Gasteiger partial charge in [0, 0.05) is 17.0 Å². The van der Waals surface area contributed by atoms with Crippen LogP contribution in [0.1, 0.15) is 28.1 Å². The maximum Gasteiger partial charge on any atom is 0.416 e. The van der Waals surface area contributed by atoms with E-state index in [2.05, 4.69) is 15.3 Å². The van der Waals surface area contributed by atoms with Crippen molar-refractivity contribution in [3.63, 3.8) is 0 Å². The highest BCUT2D eigenvalue weighted by Crippen LogP contribution is 2.39. The molecule has 0 spiro atoms. The number of anilines is 1. The topological polar surface area (TPSA) is 54.4 Å². The van der Waals surface area contributed by atoms with Gasteiger partial charge >= 0.3 is 6.18 Å². The van der Waals surface area contributed by atoms with Crippen LogP contribution in [0, 0.1) is 20.8 Å². The summed E-state index contributed by atoms with van der Waals surface area (Å²) < 4.78 is 39.8. The molecular weight excluding hydrogens is 403 g/mol. The van der Waals surface area contributed by atoms with E-state index in [9.17, 15) is 18.0 Å². The summed E-state index contributed by atoms with van der Waals surface area (Å²) in [6.07, 6.45) is -4.47. The molecule has 0 atom stereocenters. The number of fused-ring (bicyclic) bond motifs is 1. The predicted molar refractivity (Wildman–Crippen MR) is 115 cm³/mol. The zero-order chi connectivity index (χ0) is 22.3. The summed E-state index contributed by atoms with van der Waals surface area (Å²) >= 11 is 0. The van der Waals surface area contributed by atoms with Gasteiger partial charge in [-0.25, -0.2) is 4.99 Å². The van der Waals surface area contributed by atoms with Gasteiger partial charge in [-0.1, -0.05) is 18.2 Å². The average molecular weight is 423 g/mol. The summed E-state index contributed by atoms with van der Waals surface area (Å²) in [5.41, 5.74) is 4.30. The molecule has 31 heavy (non-hydrogen) atoms. The first-order chi connectivity index (χ1) is 14.6. The average Bonchev–Trinajstić information content (AvgIpc) is 2.85. The number of hydrogen-bond donors (Lipinski definition) is 1. The predicted octanol–water partition coefficient (Wildman–Crippen LogP) is 5.81. The van der Waals surface area contributed by atoms with Gasteiger partial charge in [-0.2, -0.15) is 13.2 Å². The number of nitrogens with zero attached hydrogens (tertiary/aromatic N) is 2. The Bertz CT molecular complexity index is 1210. The molecule has 0 aliphatic carbocycles. The summed E-state index contributed by atoms with van der Waals surface area (Å²) in [5, 5.41) is 2.80. The lowest BCUT2D eigenvalue weighted by molar-refractivity contribution is -0.138. The van der Waals surface area contributed by atoms with Gasteiger partial charge in [-0.05, 0) is 67.8 Å². The zero-order valence-electron chi connectivity index (χ0n) is 17.3. The zero-order valence-corrected chi connectivity index (χ0v) is 17.3. The molecule has 0 radical (unpaired) electrons. The standard InChI is InChI=1S/C24H20F3N3O/c1-13-7-21-20(11-19(13)24(25,26)27)28-12-22(31)23(30-21)17-6-4-5-16(10-17)18-8-14(2)29-15(3)9-18/h4-11,28H,12H2,1-3H3. The fourth-order valence-electron chi connectivity index (χ4n) is 3.75. The van der Waals surface area contributed by atoms with Gasteiger partial charge in [0.2, 0.25) is 5.78 Å². The molecule has 0 fully saturated rings. The fraction of sp³-hybridized carbons (Fsp3) is 0.208. The lowest BCUT2D eigenvalue weighted by Crippen LogP contribution is -2.22. The number of benzene rings is 2. The minimum absolute atomic E-state index is 0.0574. The third-order valence-corrected chi connectivity index (χ3v) is 5.13. The minimum atomic E-state index is -4.47. The van der Waals surface area contributed by atoms with Crippen molar-refractivity contribution in [2.24, 2.45) is 4.99 Å². The van der Waals surface area contributed by atoms with Crippen LogP contribution in [0.15, 0.2) is 53.5 Å². The molecule has 0 saturated carbocycles. The van der Waals surface area contributed by atoms with E-state index in [1.807, 2.05) is 44.2 Å². The maximum absolute atomic E-state index is 13.3. The van der Waals surface area contributed by atoms with Crippen molar-refractivity contribution in [2.45, 2.75) is 26.9 Å². The number of halogens is 3. The molecule has 1 aliphatic heterocycles. The van der Waals surface area contributed by atoms with Crippen LogP contribution in [0.25, 0.3) is 11.1 Å². The Morgan fingerprint density at radius 3 is 2.26 bits per heavy atom. The molecule has 0 amide bonds. The molecule has 1 aliphatic rings. The van der Waals surface area contributed by atoms with Crippen LogP contribution in [0.4, 0.5) is 24.5 Å². The van der Waals surface area contributed by atoms with Crippen LogP contribution in [-0.4, -0.2) is 23.0 Å². The lowest BCUT2D eigenvalue weighted by atomic mass is 9.99. The van der Waals surface area contributed by atoms with Crippen LogP contribution in [0.3, 0.4) is 0 Å². The van der Waals surface area contributed by atoms with Gasteiger partial charge < -0.3 is 5.32 Å². The monoisotopic (exact) mass is 423 g/mol. The summed E-state index contributed by atoms with van der Waals surface area (Å²) in [6.45, 7) is 5.09. The van der Waals surface area contributed by atoms with Crippen LogP contribution >= 0.6 is 0 Å². The van der Waals surface area contributed by atoms with Gasteiger partial charge in [0.15, 0.2) is 0 Å². The highest BCUT2D eigenvalue weighted by molar-refractivity contribution is 6.48. The second-order valence-corrected chi connectivity index (χ2v) is 7.64. The Hall–Kier alpha value is -3.48. The number of ketones is 1. The molecule has 0 bridgehead atoms. The maximum atomic E-state index is 13.3. The van der Waals surface area contributed by atoms with E-state index in [-0.39, 0.29) is 29.3 Å². The van der Waals surface area contributed by atoms with Gasteiger partial charge in [0.25, 0.3) is 0 Å². The molecule has 7 heteroatoms. The van der Waals surface area contributed by atoms with Crippen molar-refractivity contribution < 1.29 is 18.0 Å². The summed E-state index contributed by atoms with van der Waals surface area (Å²) in [4.78, 5) is 21.6. The third-order valence-electron chi connectivity index (χ3n) is 5.13. The van der Waals surface area contributed by atoms with E-state index in [0.29, 0.717) is 11.3 Å². The summed E-state index contributed by atoms with van der Waals surface area (Å²) in [6, 6.07) is 13.7. The molecule has 0 unspecified atom stereocenters. The van der Waals surface area contributed by atoms with Crippen LogP contribution in [0.2, 0.25) is 0 Å². The van der Waals surface area contributed by atoms with E-state index in [0.717, 1.165) is 28.6 Å². The van der Waals surface area contributed by atoms with Crippen molar-refractivity contribution in [2.75, 3.05) is 11.9 Å². The van der Waals surface area contributed by atoms with Gasteiger partial charge in [0.05, 0.1) is 23.5 Å². The Labute approximate surface area is 177 Å². The van der Waals surface area contributed by atoms with Gasteiger partial charge in [-0.15, -0.1) is 0 Å². The summed E-state index contributed by atoms with van der Waals surface area (Å²) in [5.74, 6) is -0.290. The van der Waals surface area contributed by atoms with E-state index >= 15 is 0 Å². The number of carbonyl (C=O) groups is 1. The number of Topliss-reactive ketones (excluding diaryl/α,β-unsaturated/α-hetero) is 1. The molecule has 2 heterocycles. The molecule has 0 saturated heterocycles. The highest BCUT2D eigenvalue weighted by atomic mass is 19.4. The SMILES string of the molecule is Cc1cc(-c2cccc(C3=Nc4cc(C)c(C(F)(F)F)cc4NCC3=O)c2)cc(C)n1. The Kier molecular flexibility index (Phi) is 5.13. The summed E-state index contributed by atoms with van der Waals surface area (Å²) in [7, 11) is 0. The number of aliphatic imine (C=N–C) groups is 1. The Morgan fingerprint density at radius 2 is 1.58 bits per heavy atom. The van der Waals surface area contributed by atoms with E-state index < -0.39 is 11.7 Å². The second-order valence-electron chi connectivity index (χ2n) is 7.64. The third kappa shape index (κ3) is 4.21. The fourth-order valence-corrected chi connectivity index (χ4v) is 3.75. The number of carbonyl (C=O) groups excluding carboxylic acids is 1. The van der Waals surface area contributed by atoms with Crippen LogP contribution in [0.5, 0.6) is 0 Å². The molecular formula is C24H20F3N3O. The number of aromatic nitrogens is 1. The Balaban J connectivity index is 1.81. The van der Waals surface area contributed by atoms with Crippen molar-refractivity contribution in [3.05, 3.63) is 76.6 Å².